The molecular weight excluding hydrogens is 320 g/mol. The first kappa shape index (κ1) is 16.9. The number of hydrogen-bond acceptors (Lipinski definition) is 5. The molecule has 24 heavy (non-hydrogen) atoms. The molecule has 0 atom stereocenters. The van der Waals surface area contributed by atoms with E-state index in [1.165, 1.54) is 4.88 Å². The van der Waals surface area contributed by atoms with Crippen molar-refractivity contribution >= 4 is 23.1 Å². The van der Waals surface area contributed by atoms with Crippen LogP contribution in [0, 0.1) is 5.92 Å². The maximum atomic E-state index is 12.6. The van der Waals surface area contributed by atoms with Crippen LogP contribution in [0.15, 0.2) is 36.1 Å². The van der Waals surface area contributed by atoms with Gasteiger partial charge in [0.15, 0.2) is 0 Å². The van der Waals surface area contributed by atoms with Gasteiger partial charge < -0.3 is 10.2 Å². The number of rotatable bonds is 6. The van der Waals surface area contributed by atoms with Crippen LogP contribution in [0.3, 0.4) is 0 Å². The molecule has 128 valence electrons. The lowest BCUT2D eigenvalue weighted by Gasteiger charge is -2.31. The lowest BCUT2D eigenvalue weighted by atomic mass is 9.85. The minimum Gasteiger partial charge on any atom is -0.366 e. The van der Waals surface area contributed by atoms with E-state index in [1.807, 2.05) is 11.9 Å². The molecule has 0 aromatic carbocycles. The monoisotopic (exact) mass is 344 g/mol. The second-order valence-corrected chi connectivity index (χ2v) is 7.40. The summed E-state index contributed by atoms with van der Waals surface area (Å²) in [5.41, 5.74) is 0. The number of amides is 1. The van der Waals surface area contributed by atoms with Crippen molar-refractivity contribution in [3.63, 3.8) is 0 Å². The number of anilines is 1. The lowest BCUT2D eigenvalue weighted by molar-refractivity contribution is -0.135. The van der Waals surface area contributed by atoms with Crippen molar-refractivity contribution in [3.8, 4) is 0 Å². The molecule has 0 radical (unpaired) electrons. The van der Waals surface area contributed by atoms with Crippen molar-refractivity contribution in [2.45, 2.75) is 38.1 Å². The van der Waals surface area contributed by atoms with E-state index < -0.39 is 0 Å². The van der Waals surface area contributed by atoms with E-state index >= 15 is 0 Å². The summed E-state index contributed by atoms with van der Waals surface area (Å²) in [5.74, 6) is 1.28. The third kappa shape index (κ3) is 4.54. The Kier molecular flexibility index (Phi) is 5.80. The molecule has 2 heterocycles. The second kappa shape index (κ2) is 8.24. The highest BCUT2D eigenvalue weighted by atomic mass is 32.1. The highest BCUT2D eigenvalue weighted by Crippen LogP contribution is 2.27. The number of thiophene rings is 1. The minimum atomic E-state index is 0.165. The van der Waals surface area contributed by atoms with Crippen molar-refractivity contribution in [3.05, 3.63) is 41.0 Å². The fraction of sp³-hybridized carbons (Fsp3) is 0.500. The maximum Gasteiger partial charge on any atom is 0.225 e. The van der Waals surface area contributed by atoms with E-state index in [-0.39, 0.29) is 5.92 Å². The van der Waals surface area contributed by atoms with Crippen LogP contribution in [0.4, 0.5) is 5.82 Å². The number of hydrogen-bond donors (Lipinski definition) is 1. The van der Waals surface area contributed by atoms with E-state index in [2.05, 4.69) is 32.8 Å². The molecular formula is C18H24N4OS. The number of likely N-dealkylation sites (N-methyl/N-ethyl adjacent to an activating group) is 1. The Labute approximate surface area is 147 Å². The van der Waals surface area contributed by atoms with Crippen molar-refractivity contribution in [2.75, 3.05) is 18.9 Å². The van der Waals surface area contributed by atoms with Gasteiger partial charge in [-0.1, -0.05) is 6.07 Å². The fourth-order valence-electron chi connectivity index (χ4n) is 3.22. The Morgan fingerprint density at radius 3 is 2.83 bits per heavy atom. The molecule has 2 aromatic heterocycles. The lowest BCUT2D eigenvalue weighted by Crippen LogP contribution is -2.38. The Hall–Kier alpha value is -1.95. The van der Waals surface area contributed by atoms with E-state index in [0.717, 1.165) is 44.5 Å². The zero-order valence-electron chi connectivity index (χ0n) is 14.0. The van der Waals surface area contributed by atoms with Crippen molar-refractivity contribution in [2.24, 2.45) is 5.92 Å². The average molecular weight is 344 g/mol. The molecule has 1 amide bonds. The van der Waals surface area contributed by atoms with Gasteiger partial charge in [-0.2, -0.15) is 0 Å². The number of carbonyl (C=O) groups is 1. The third-order valence-corrected chi connectivity index (χ3v) is 5.58. The molecule has 1 N–H and O–H groups in total. The fourth-order valence-corrected chi connectivity index (χ4v) is 3.92. The van der Waals surface area contributed by atoms with Crippen LogP contribution in [-0.4, -0.2) is 40.4 Å². The molecule has 1 aliphatic carbocycles. The standard InChI is InChI=1S/C18H24N4OS/c1-22(11-8-16-3-2-12-24-16)18(23)14-4-6-15(7-5-14)21-17-13-19-9-10-20-17/h2-3,9-10,12-15H,4-8,11H2,1H3,(H,20,21). The zero-order chi connectivity index (χ0) is 16.8. The third-order valence-electron chi connectivity index (χ3n) is 4.64. The Balaban J connectivity index is 1.42. The van der Waals surface area contributed by atoms with Gasteiger partial charge in [0.05, 0.1) is 6.20 Å². The molecule has 0 saturated heterocycles. The first-order chi connectivity index (χ1) is 11.7. The number of carbonyl (C=O) groups excluding carboxylic acids is 1. The first-order valence-electron chi connectivity index (χ1n) is 8.52. The molecule has 0 aliphatic heterocycles. The molecule has 6 heteroatoms. The summed E-state index contributed by atoms with van der Waals surface area (Å²) in [6.07, 6.45) is 9.96. The van der Waals surface area contributed by atoms with Crippen molar-refractivity contribution in [1.82, 2.24) is 14.9 Å². The van der Waals surface area contributed by atoms with E-state index in [1.54, 1.807) is 29.9 Å². The van der Waals surface area contributed by atoms with Gasteiger partial charge in [-0.05, 0) is 43.6 Å². The summed E-state index contributed by atoms with van der Waals surface area (Å²) in [7, 11) is 1.93. The highest BCUT2D eigenvalue weighted by molar-refractivity contribution is 7.09. The second-order valence-electron chi connectivity index (χ2n) is 6.37. The van der Waals surface area contributed by atoms with E-state index in [4.69, 9.17) is 0 Å². The van der Waals surface area contributed by atoms with Gasteiger partial charge >= 0.3 is 0 Å². The smallest absolute Gasteiger partial charge is 0.225 e. The predicted molar refractivity (Wildman–Crippen MR) is 97.1 cm³/mol. The molecule has 5 nitrogen and oxygen atoms in total. The van der Waals surface area contributed by atoms with Gasteiger partial charge in [-0.25, -0.2) is 4.98 Å². The summed E-state index contributed by atoms with van der Waals surface area (Å²) in [6.45, 7) is 0.803. The summed E-state index contributed by atoms with van der Waals surface area (Å²) >= 11 is 1.76. The van der Waals surface area contributed by atoms with Crippen LogP contribution in [0.25, 0.3) is 0 Å². The quantitative estimate of drug-likeness (QED) is 0.874. The van der Waals surface area contributed by atoms with E-state index in [0.29, 0.717) is 11.9 Å². The van der Waals surface area contributed by atoms with Gasteiger partial charge in [0.25, 0.3) is 0 Å². The highest BCUT2D eigenvalue weighted by Gasteiger charge is 2.28. The summed E-state index contributed by atoms with van der Waals surface area (Å²) in [6, 6.07) is 4.58. The Bertz CT molecular complexity index is 624. The molecule has 2 aromatic rings. The van der Waals surface area contributed by atoms with Crippen LogP contribution in [0.5, 0.6) is 0 Å². The normalized spacial score (nSPS) is 20.5. The zero-order valence-corrected chi connectivity index (χ0v) is 14.8. The molecule has 0 bridgehead atoms. The molecule has 1 saturated carbocycles. The summed E-state index contributed by atoms with van der Waals surface area (Å²) in [5, 5.41) is 5.50. The summed E-state index contributed by atoms with van der Waals surface area (Å²) < 4.78 is 0. The van der Waals surface area contributed by atoms with E-state index in [9.17, 15) is 4.79 Å². The summed E-state index contributed by atoms with van der Waals surface area (Å²) in [4.78, 5) is 24.2. The molecule has 1 fully saturated rings. The maximum absolute atomic E-state index is 12.6. The van der Waals surface area contributed by atoms with Crippen molar-refractivity contribution < 1.29 is 4.79 Å². The van der Waals surface area contributed by atoms with Gasteiger partial charge in [-0.15, -0.1) is 11.3 Å². The van der Waals surface area contributed by atoms with Crippen LogP contribution in [0.1, 0.15) is 30.6 Å². The van der Waals surface area contributed by atoms with Gasteiger partial charge in [0.2, 0.25) is 5.91 Å². The number of nitrogens with zero attached hydrogens (tertiary/aromatic N) is 3. The topological polar surface area (TPSA) is 58.1 Å². The molecule has 3 rings (SSSR count). The first-order valence-corrected chi connectivity index (χ1v) is 9.40. The van der Waals surface area contributed by atoms with Crippen LogP contribution in [-0.2, 0) is 11.2 Å². The molecule has 0 spiro atoms. The SMILES string of the molecule is CN(CCc1cccs1)C(=O)C1CCC(Nc2cnccn2)CC1. The predicted octanol–water partition coefficient (Wildman–Crippen LogP) is 3.21. The van der Waals surface area contributed by atoms with Crippen LogP contribution < -0.4 is 5.32 Å². The largest absolute Gasteiger partial charge is 0.366 e. The number of aromatic nitrogens is 2. The Morgan fingerprint density at radius 2 is 2.17 bits per heavy atom. The molecule has 1 aliphatic rings. The van der Waals surface area contributed by atoms with Gasteiger partial charge in [0.1, 0.15) is 5.82 Å². The van der Waals surface area contributed by atoms with Crippen LogP contribution >= 0.6 is 11.3 Å². The van der Waals surface area contributed by atoms with Gasteiger partial charge in [0, 0.05) is 42.8 Å². The Morgan fingerprint density at radius 1 is 1.33 bits per heavy atom. The van der Waals surface area contributed by atoms with Gasteiger partial charge in [-0.3, -0.25) is 9.78 Å². The van der Waals surface area contributed by atoms with Crippen molar-refractivity contribution in [1.29, 1.82) is 0 Å². The molecule has 0 unspecified atom stereocenters. The van der Waals surface area contributed by atoms with Crippen LogP contribution in [0.2, 0.25) is 0 Å². The minimum absolute atomic E-state index is 0.165. The average Bonchev–Trinajstić information content (AvgIpc) is 3.14. The number of nitrogens with one attached hydrogen (secondary N) is 1.